The van der Waals surface area contributed by atoms with Crippen LogP contribution in [0, 0.1) is 11.3 Å². The molecule has 0 atom stereocenters. The first-order chi connectivity index (χ1) is 15.1. The summed E-state index contributed by atoms with van der Waals surface area (Å²) in [6.07, 6.45) is 2.82. The highest BCUT2D eigenvalue weighted by Gasteiger charge is 2.12. The zero-order valence-electron chi connectivity index (χ0n) is 16.7. The zero-order valence-corrected chi connectivity index (χ0v) is 17.6. The molecule has 0 saturated carbocycles. The fourth-order valence-electron chi connectivity index (χ4n) is 3.57. The number of aromatic nitrogens is 1. The standard InChI is InChI=1S/C24H21N3O3S/c25-9-8-18-13-27(14-20-5-7-23(31-20)24(28)29)22-6-4-19(11-21(18)22)30-15-17-3-1-2-16(10-17)12-26/h1-7,10-11,13H,8-9,14-15,25H2,(H,28,29). The Morgan fingerprint density at radius 1 is 1.19 bits per heavy atom. The molecular weight excluding hydrogens is 410 g/mol. The average molecular weight is 432 g/mol. The van der Waals surface area contributed by atoms with Crippen LogP contribution in [0.15, 0.2) is 60.8 Å². The van der Waals surface area contributed by atoms with Crippen molar-refractivity contribution >= 4 is 28.2 Å². The van der Waals surface area contributed by atoms with E-state index in [0.717, 1.165) is 39.1 Å². The molecule has 7 heteroatoms. The van der Waals surface area contributed by atoms with Gasteiger partial charge in [0.1, 0.15) is 17.2 Å². The molecule has 0 spiro atoms. The number of carbonyl (C=O) groups is 1. The van der Waals surface area contributed by atoms with Gasteiger partial charge in [-0.05, 0) is 66.6 Å². The molecule has 6 nitrogen and oxygen atoms in total. The summed E-state index contributed by atoms with van der Waals surface area (Å²) < 4.78 is 8.10. The third-order valence-electron chi connectivity index (χ3n) is 5.01. The predicted octanol–water partition coefficient (Wildman–Crippen LogP) is 4.40. The lowest BCUT2D eigenvalue weighted by Gasteiger charge is -2.08. The molecule has 4 aromatic rings. The van der Waals surface area contributed by atoms with Gasteiger partial charge in [0.25, 0.3) is 0 Å². The van der Waals surface area contributed by atoms with Crippen LogP contribution < -0.4 is 10.5 Å². The van der Waals surface area contributed by atoms with E-state index in [-0.39, 0.29) is 0 Å². The molecule has 0 saturated heterocycles. The SMILES string of the molecule is N#Cc1cccc(COc2ccc3c(c2)c(CCN)cn3Cc2ccc(C(=O)O)s2)c1. The van der Waals surface area contributed by atoms with Crippen LogP contribution in [-0.4, -0.2) is 22.2 Å². The van der Waals surface area contributed by atoms with E-state index >= 15 is 0 Å². The highest BCUT2D eigenvalue weighted by Crippen LogP contribution is 2.29. The second-order valence-electron chi connectivity index (χ2n) is 7.17. The van der Waals surface area contributed by atoms with E-state index < -0.39 is 5.97 Å². The van der Waals surface area contributed by atoms with E-state index in [0.29, 0.717) is 30.1 Å². The third kappa shape index (κ3) is 4.61. The topological polar surface area (TPSA) is 101 Å². The number of carboxylic acid groups (broad SMARTS) is 1. The first kappa shape index (κ1) is 20.7. The summed E-state index contributed by atoms with van der Waals surface area (Å²) in [5.41, 5.74) is 9.54. The summed E-state index contributed by atoms with van der Waals surface area (Å²) >= 11 is 1.29. The van der Waals surface area contributed by atoms with Gasteiger partial charge < -0.3 is 20.1 Å². The summed E-state index contributed by atoms with van der Waals surface area (Å²) in [7, 11) is 0. The maximum atomic E-state index is 11.2. The summed E-state index contributed by atoms with van der Waals surface area (Å²) in [4.78, 5) is 12.5. The van der Waals surface area contributed by atoms with Gasteiger partial charge >= 0.3 is 5.97 Å². The van der Waals surface area contributed by atoms with Gasteiger partial charge in [-0.25, -0.2) is 4.79 Å². The van der Waals surface area contributed by atoms with Crippen LogP contribution in [0.1, 0.15) is 31.2 Å². The number of hydrogen-bond acceptors (Lipinski definition) is 5. The van der Waals surface area contributed by atoms with Crippen LogP contribution >= 0.6 is 11.3 Å². The number of benzene rings is 2. The molecule has 0 bridgehead atoms. The molecule has 0 aliphatic rings. The molecule has 0 aliphatic carbocycles. The molecule has 4 rings (SSSR count). The average Bonchev–Trinajstić information content (AvgIpc) is 3.38. The molecule has 2 aromatic heterocycles. The number of nitriles is 1. The van der Waals surface area contributed by atoms with Crippen molar-refractivity contribution in [3.8, 4) is 11.8 Å². The van der Waals surface area contributed by atoms with Crippen molar-refractivity contribution in [3.63, 3.8) is 0 Å². The van der Waals surface area contributed by atoms with Crippen LogP contribution in [0.4, 0.5) is 0 Å². The fourth-order valence-corrected chi connectivity index (χ4v) is 4.41. The predicted molar refractivity (Wildman–Crippen MR) is 121 cm³/mol. The summed E-state index contributed by atoms with van der Waals surface area (Å²) in [5, 5.41) is 19.3. The third-order valence-corrected chi connectivity index (χ3v) is 6.07. The number of aromatic carboxylic acids is 1. The van der Waals surface area contributed by atoms with Crippen molar-refractivity contribution in [1.82, 2.24) is 4.57 Å². The van der Waals surface area contributed by atoms with Gasteiger partial charge in [-0.1, -0.05) is 12.1 Å². The largest absolute Gasteiger partial charge is 0.489 e. The minimum absolute atomic E-state index is 0.338. The Morgan fingerprint density at radius 3 is 2.81 bits per heavy atom. The Labute approximate surface area is 183 Å². The van der Waals surface area contributed by atoms with E-state index in [9.17, 15) is 4.79 Å². The van der Waals surface area contributed by atoms with Crippen LogP contribution in [0.25, 0.3) is 10.9 Å². The first-order valence-corrected chi connectivity index (χ1v) is 10.6. The minimum Gasteiger partial charge on any atom is -0.489 e. The molecule has 0 unspecified atom stereocenters. The molecule has 31 heavy (non-hydrogen) atoms. The highest BCUT2D eigenvalue weighted by molar-refractivity contribution is 7.13. The Kier molecular flexibility index (Phi) is 6.03. The lowest BCUT2D eigenvalue weighted by molar-refractivity contribution is 0.0702. The van der Waals surface area contributed by atoms with Gasteiger partial charge in [-0.15, -0.1) is 11.3 Å². The van der Waals surface area contributed by atoms with Crippen molar-refractivity contribution in [3.05, 3.63) is 87.2 Å². The van der Waals surface area contributed by atoms with Gasteiger partial charge in [0, 0.05) is 22.0 Å². The maximum absolute atomic E-state index is 11.2. The minimum atomic E-state index is -0.903. The van der Waals surface area contributed by atoms with Crippen molar-refractivity contribution in [2.45, 2.75) is 19.6 Å². The maximum Gasteiger partial charge on any atom is 0.345 e. The molecule has 2 heterocycles. The Hall–Kier alpha value is -3.60. The van der Waals surface area contributed by atoms with Gasteiger partial charge in [0.2, 0.25) is 0 Å². The van der Waals surface area contributed by atoms with Crippen LogP contribution in [0.5, 0.6) is 5.75 Å². The monoisotopic (exact) mass is 431 g/mol. The van der Waals surface area contributed by atoms with E-state index in [2.05, 4.69) is 16.8 Å². The first-order valence-electron chi connectivity index (χ1n) is 9.83. The molecule has 0 amide bonds. The summed E-state index contributed by atoms with van der Waals surface area (Å²) in [6, 6.07) is 19.0. The van der Waals surface area contributed by atoms with Crippen LogP contribution in [0.3, 0.4) is 0 Å². The number of hydrogen-bond donors (Lipinski definition) is 2. The molecule has 0 radical (unpaired) electrons. The highest BCUT2D eigenvalue weighted by atomic mass is 32.1. The van der Waals surface area contributed by atoms with Crippen molar-refractivity contribution in [2.24, 2.45) is 5.73 Å². The lowest BCUT2D eigenvalue weighted by Crippen LogP contribution is -2.02. The fraction of sp³-hybridized carbons (Fsp3) is 0.167. The smallest absolute Gasteiger partial charge is 0.345 e. The summed E-state index contributed by atoms with van der Waals surface area (Å²) in [6.45, 7) is 1.51. The van der Waals surface area contributed by atoms with E-state index in [1.807, 2.05) is 42.5 Å². The zero-order chi connectivity index (χ0) is 21.8. The second-order valence-corrected chi connectivity index (χ2v) is 8.34. The Balaban J connectivity index is 1.59. The number of rotatable bonds is 8. The molecule has 2 aromatic carbocycles. The van der Waals surface area contributed by atoms with Gasteiger partial charge in [-0.2, -0.15) is 5.26 Å². The number of thiophene rings is 1. The van der Waals surface area contributed by atoms with E-state index in [4.69, 9.17) is 20.8 Å². The number of nitrogens with two attached hydrogens (primary N) is 1. The number of ether oxygens (including phenoxy) is 1. The van der Waals surface area contributed by atoms with Gasteiger partial charge in [-0.3, -0.25) is 0 Å². The summed E-state index contributed by atoms with van der Waals surface area (Å²) in [5.74, 6) is -0.158. The number of nitrogens with zero attached hydrogens (tertiary/aromatic N) is 2. The molecule has 3 N–H and O–H groups in total. The Bertz CT molecular complexity index is 1280. The lowest BCUT2D eigenvalue weighted by atomic mass is 10.1. The van der Waals surface area contributed by atoms with Gasteiger partial charge in [0.05, 0.1) is 18.2 Å². The van der Waals surface area contributed by atoms with Crippen molar-refractivity contribution < 1.29 is 14.6 Å². The quantitative estimate of drug-likeness (QED) is 0.431. The number of carboxylic acids is 1. The van der Waals surface area contributed by atoms with Crippen molar-refractivity contribution in [1.29, 1.82) is 5.26 Å². The molecule has 0 fully saturated rings. The van der Waals surface area contributed by atoms with E-state index in [1.54, 1.807) is 12.1 Å². The Morgan fingerprint density at radius 2 is 2.06 bits per heavy atom. The molecular formula is C24H21N3O3S. The molecule has 156 valence electrons. The van der Waals surface area contributed by atoms with Crippen LogP contribution in [-0.2, 0) is 19.6 Å². The van der Waals surface area contributed by atoms with Crippen molar-refractivity contribution in [2.75, 3.05) is 6.54 Å². The second kappa shape index (κ2) is 9.04. The van der Waals surface area contributed by atoms with E-state index in [1.165, 1.54) is 11.3 Å². The normalized spacial score (nSPS) is 10.8. The van der Waals surface area contributed by atoms with Crippen LogP contribution in [0.2, 0.25) is 0 Å². The molecule has 0 aliphatic heterocycles. The number of fused-ring (bicyclic) bond motifs is 1. The van der Waals surface area contributed by atoms with Gasteiger partial charge in [0.15, 0.2) is 0 Å².